The molecule has 0 bridgehead atoms. The quantitative estimate of drug-likeness (QED) is 0.921. The lowest BCUT2D eigenvalue weighted by Crippen LogP contribution is -2.41. The lowest BCUT2D eigenvalue weighted by molar-refractivity contribution is -0.121. The van der Waals surface area contributed by atoms with Gasteiger partial charge in [0.15, 0.2) is 0 Å². The lowest BCUT2D eigenvalue weighted by atomic mass is 9.95. The van der Waals surface area contributed by atoms with Gasteiger partial charge in [0, 0.05) is 19.0 Å². The normalized spacial score (nSPS) is 15.3. The van der Waals surface area contributed by atoms with Crippen LogP contribution in [0.3, 0.4) is 0 Å². The molecular formula is C18H19FN2O2S. The van der Waals surface area contributed by atoms with Crippen LogP contribution in [0.5, 0.6) is 0 Å². The Labute approximate surface area is 144 Å². The zero-order chi connectivity index (χ0) is 17.1. The van der Waals surface area contributed by atoms with Gasteiger partial charge in [-0.25, -0.2) is 4.39 Å². The van der Waals surface area contributed by atoms with Crippen LogP contribution in [0.2, 0.25) is 0 Å². The highest BCUT2D eigenvalue weighted by atomic mass is 32.1. The van der Waals surface area contributed by atoms with Crippen molar-refractivity contribution < 1.29 is 14.0 Å². The number of nitrogens with one attached hydrogen (secondary N) is 1. The van der Waals surface area contributed by atoms with E-state index in [2.05, 4.69) is 5.32 Å². The monoisotopic (exact) mass is 346 g/mol. The second kappa shape index (κ2) is 7.13. The Morgan fingerprint density at radius 3 is 2.62 bits per heavy atom. The minimum Gasteiger partial charge on any atom is -0.338 e. The summed E-state index contributed by atoms with van der Waals surface area (Å²) in [5.74, 6) is -0.777. The summed E-state index contributed by atoms with van der Waals surface area (Å²) in [6.45, 7) is 2.89. The van der Waals surface area contributed by atoms with E-state index in [0.717, 1.165) is 10.4 Å². The van der Waals surface area contributed by atoms with Crippen LogP contribution in [0.1, 0.15) is 28.1 Å². The average molecular weight is 346 g/mol. The van der Waals surface area contributed by atoms with E-state index in [1.165, 1.54) is 17.4 Å². The number of aryl methyl sites for hydroxylation is 1. The number of benzene rings is 1. The van der Waals surface area contributed by atoms with E-state index in [9.17, 15) is 14.0 Å². The van der Waals surface area contributed by atoms with Gasteiger partial charge in [-0.2, -0.15) is 0 Å². The molecule has 2 amide bonds. The maximum Gasteiger partial charge on any atom is 0.263 e. The number of nitrogens with zero attached hydrogens (tertiary/aromatic N) is 1. The van der Waals surface area contributed by atoms with Gasteiger partial charge in [-0.05, 0) is 48.9 Å². The molecule has 0 spiro atoms. The van der Waals surface area contributed by atoms with Gasteiger partial charge < -0.3 is 10.2 Å². The van der Waals surface area contributed by atoms with Crippen molar-refractivity contribution in [3.63, 3.8) is 0 Å². The van der Waals surface area contributed by atoms with Gasteiger partial charge in [0.2, 0.25) is 5.91 Å². The third-order valence-electron chi connectivity index (χ3n) is 4.27. The predicted octanol–water partition coefficient (Wildman–Crippen LogP) is 3.69. The van der Waals surface area contributed by atoms with E-state index in [-0.39, 0.29) is 23.4 Å². The van der Waals surface area contributed by atoms with Crippen LogP contribution < -0.4 is 5.32 Å². The summed E-state index contributed by atoms with van der Waals surface area (Å²) < 4.78 is 13.8. The van der Waals surface area contributed by atoms with Gasteiger partial charge in [-0.3, -0.25) is 9.59 Å². The first-order valence-corrected chi connectivity index (χ1v) is 8.82. The summed E-state index contributed by atoms with van der Waals surface area (Å²) in [6.07, 6.45) is 1.19. The van der Waals surface area contributed by atoms with Crippen LogP contribution in [0.4, 0.5) is 10.1 Å². The van der Waals surface area contributed by atoms with Crippen LogP contribution in [0, 0.1) is 18.7 Å². The van der Waals surface area contributed by atoms with Crippen LogP contribution >= 0.6 is 11.3 Å². The van der Waals surface area contributed by atoms with Gasteiger partial charge >= 0.3 is 0 Å². The van der Waals surface area contributed by atoms with Crippen LogP contribution in [0.15, 0.2) is 35.7 Å². The van der Waals surface area contributed by atoms with E-state index in [4.69, 9.17) is 0 Å². The topological polar surface area (TPSA) is 49.4 Å². The molecule has 1 aliphatic heterocycles. The average Bonchev–Trinajstić information content (AvgIpc) is 3.11. The highest BCUT2D eigenvalue weighted by molar-refractivity contribution is 7.12. The Hall–Kier alpha value is -2.21. The van der Waals surface area contributed by atoms with Crippen molar-refractivity contribution in [2.45, 2.75) is 19.8 Å². The molecule has 4 nitrogen and oxygen atoms in total. The molecule has 6 heteroatoms. The number of anilines is 1. The van der Waals surface area contributed by atoms with E-state index >= 15 is 0 Å². The van der Waals surface area contributed by atoms with Gasteiger partial charge in [0.25, 0.3) is 5.91 Å². The van der Waals surface area contributed by atoms with Crippen molar-refractivity contribution in [2.75, 3.05) is 18.4 Å². The zero-order valence-electron chi connectivity index (χ0n) is 13.4. The molecule has 1 aromatic carbocycles. The third-order valence-corrected chi connectivity index (χ3v) is 5.13. The first-order valence-electron chi connectivity index (χ1n) is 7.94. The molecule has 0 unspecified atom stereocenters. The van der Waals surface area contributed by atoms with Crippen LogP contribution in [-0.2, 0) is 4.79 Å². The Balaban J connectivity index is 1.56. The molecule has 0 atom stereocenters. The molecule has 1 fully saturated rings. The molecule has 2 heterocycles. The van der Waals surface area contributed by atoms with Gasteiger partial charge in [0.1, 0.15) is 5.82 Å². The van der Waals surface area contributed by atoms with Crippen molar-refractivity contribution in [3.8, 4) is 0 Å². The molecule has 1 aromatic heterocycles. The molecule has 1 aliphatic rings. The minimum absolute atomic E-state index is 0.0217. The molecule has 0 saturated carbocycles. The first-order chi connectivity index (χ1) is 11.5. The smallest absolute Gasteiger partial charge is 0.263 e. The maximum atomic E-state index is 13.8. The number of amides is 2. The van der Waals surface area contributed by atoms with Gasteiger partial charge in [-0.15, -0.1) is 11.3 Å². The van der Waals surface area contributed by atoms with Gasteiger partial charge in [-0.1, -0.05) is 12.1 Å². The second-order valence-electron chi connectivity index (χ2n) is 6.02. The Bertz CT molecular complexity index is 737. The highest BCUT2D eigenvalue weighted by Gasteiger charge is 2.28. The summed E-state index contributed by atoms with van der Waals surface area (Å²) in [5, 5.41) is 4.54. The molecule has 1 saturated heterocycles. The van der Waals surface area contributed by atoms with E-state index in [1.807, 2.05) is 17.5 Å². The fourth-order valence-corrected chi connectivity index (χ4v) is 3.55. The van der Waals surface area contributed by atoms with Gasteiger partial charge in [0.05, 0.1) is 10.6 Å². The number of hydrogen-bond donors (Lipinski definition) is 1. The first kappa shape index (κ1) is 16.6. The standard InChI is InChI=1S/C18H19FN2O2S/c1-12-4-5-15(14(19)11-12)20-17(22)13-6-8-21(9-7-13)18(23)16-3-2-10-24-16/h2-5,10-11,13H,6-9H2,1H3,(H,20,22). The third kappa shape index (κ3) is 3.64. The number of piperidine rings is 1. The maximum absolute atomic E-state index is 13.8. The van der Waals surface area contributed by atoms with Crippen molar-refractivity contribution in [2.24, 2.45) is 5.92 Å². The number of halogens is 1. The summed E-state index contributed by atoms with van der Waals surface area (Å²) in [7, 11) is 0. The lowest BCUT2D eigenvalue weighted by Gasteiger charge is -2.31. The van der Waals surface area contributed by atoms with E-state index < -0.39 is 5.82 Å². The highest BCUT2D eigenvalue weighted by Crippen LogP contribution is 2.23. The predicted molar refractivity (Wildman–Crippen MR) is 92.7 cm³/mol. The number of hydrogen-bond acceptors (Lipinski definition) is 3. The Morgan fingerprint density at radius 1 is 1.25 bits per heavy atom. The number of carbonyl (C=O) groups is 2. The summed E-state index contributed by atoms with van der Waals surface area (Å²) in [5.41, 5.74) is 1.02. The number of carbonyl (C=O) groups excluding carboxylic acids is 2. The molecule has 0 aliphatic carbocycles. The fraction of sp³-hybridized carbons (Fsp3) is 0.333. The minimum atomic E-state index is -0.423. The molecule has 2 aromatic rings. The van der Waals surface area contributed by atoms with Crippen LogP contribution in [0.25, 0.3) is 0 Å². The molecule has 126 valence electrons. The van der Waals surface area contributed by atoms with E-state index in [1.54, 1.807) is 24.0 Å². The molecule has 24 heavy (non-hydrogen) atoms. The van der Waals surface area contributed by atoms with Crippen molar-refractivity contribution >= 4 is 28.8 Å². The summed E-state index contributed by atoms with van der Waals surface area (Å²) >= 11 is 1.42. The van der Waals surface area contributed by atoms with Crippen LogP contribution in [-0.4, -0.2) is 29.8 Å². The molecular weight excluding hydrogens is 327 g/mol. The summed E-state index contributed by atoms with van der Waals surface area (Å²) in [4.78, 5) is 27.1. The van der Waals surface area contributed by atoms with E-state index in [0.29, 0.717) is 25.9 Å². The molecule has 3 rings (SSSR count). The second-order valence-corrected chi connectivity index (χ2v) is 6.96. The number of likely N-dealkylation sites (tertiary alicyclic amines) is 1. The zero-order valence-corrected chi connectivity index (χ0v) is 14.2. The molecule has 0 radical (unpaired) electrons. The molecule has 1 N–H and O–H groups in total. The number of thiophene rings is 1. The summed E-state index contributed by atoms with van der Waals surface area (Å²) in [6, 6.07) is 8.41. The largest absolute Gasteiger partial charge is 0.338 e. The Morgan fingerprint density at radius 2 is 2.00 bits per heavy atom. The fourth-order valence-electron chi connectivity index (χ4n) is 2.86. The van der Waals surface area contributed by atoms with Crippen molar-refractivity contribution in [1.29, 1.82) is 0 Å². The van der Waals surface area contributed by atoms with Crippen molar-refractivity contribution in [3.05, 3.63) is 52.0 Å². The SMILES string of the molecule is Cc1ccc(NC(=O)C2CCN(C(=O)c3cccs3)CC2)c(F)c1. The Kier molecular flexibility index (Phi) is 4.94. The van der Waals surface area contributed by atoms with Crippen molar-refractivity contribution in [1.82, 2.24) is 4.90 Å². The number of rotatable bonds is 3.